The van der Waals surface area contributed by atoms with Gasteiger partial charge in [0.1, 0.15) is 5.75 Å². The van der Waals surface area contributed by atoms with Gasteiger partial charge in [0.15, 0.2) is 0 Å². The fraction of sp³-hybridized carbons (Fsp3) is 0.455. The first kappa shape index (κ1) is 11.3. The van der Waals surface area contributed by atoms with Crippen molar-refractivity contribution in [1.29, 1.82) is 0 Å². The summed E-state index contributed by atoms with van der Waals surface area (Å²) >= 11 is 5.74. The van der Waals surface area contributed by atoms with E-state index in [4.69, 9.17) is 17.3 Å². The van der Waals surface area contributed by atoms with Gasteiger partial charge in [-0.2, -0.15) is 0 Å². The largest absolute Gasteiger partial charge is 0.508 e. The van der Waals surface area contributed by atoms with Crippen LogP contribution in [-0.4, -0.2) is 11.7 Å². The van der Waals surface area contributed by atoms with Crippen LogP contribution in [0.3, 0.4) is 0 Å². The van der Waals surface area contributed by atoms with Gasteiger partial charge in [-0.1, -0.05) is 31.5 Å². The number of nitrogens with two attached hydrogens (primary N) is 1. The molecule has 0 unspecified atom stereocenters. The molecule has 0 heterocycles. The van der Waals surface area contributed by atoms with Gasteiger partial charge in [-0.15, -0.1) is 0 Å². The van der Waals surface area contributed by atoms with Crippen LogP contribution < -0.4 is 5.73 Å². The van der Waals surface area contributed by atoms with Crippen molar-refractivity contribution in [2.45, 2.75) is 20.3 Å². The average Bonchev–Trinajstić information content (AvgIpc) is 2.10. The number of phenols is 1. The third-order valence-corrected chi connectivity index (χ3v) is 2.50. The molecular weight excluding hydrogens is 198 g/mol. The maximum absolute atomic E-state index is 9.62. The highest BCUT2D eigenvalue weighted by Crippen LogP contribution is 2.28. The summed E-state index contributed by atoms with van der Waals surface area (Å²) in [5.41, 5.74) is 6.53. The Labute approximate surface area is 89.7 Å². The van der Waals surface area contributed by atoms with Crippen LogP contribution in [0.2, 0.25) is 5.02 Å². The molecule has 3 N–H and O–H groups in total. The van der Waals surface area contributed by atoms with Gasteiger partial charge in [0.25, 0.3) is 0 Å². The van der Waals surface area contributed by atoms with Gasteiger partial charge in [0.2, 0.25) is 0 Å². The molecule has 0 aliphatic rings. The summed E-state index contributed by atoms with van der Waals surface area (Å²) in [5.74, 6) is 0.249. The van der Waals surface area contributed by atoms with Gasteiger partial charge in [-0.3, -0.25) is 0 Å². The lowest BCUT2D eigenvalue weighted by atomic mass is 9.86. The fourth-order valence-electron chi connectivity index (χ4n) is 1.27. The summed E-state index contributed by atoms with van der Waals surface area (Å²) in [7, 11) is 0. The van der Waals surface area contributed by atoms with Gasteiger partial charge in [0.05, 0.1) is 0 Å². The summed E-state index contributed by atoms with van der Waals surface area (Å²) in [6, 6.07) is 5.18. The molecule has 0 aliphatic carbocycles. The van der Waals surface area contributed by atoms with Crippen molar-refractivity contribution < 1.29 is 5.11 Å². The second kappa shape index (κ2) is 4.20. The van der Waals surface area contributed by atoms with Crippen LogP contribution in [0.25, 0.3) is 0 Å². The molecule has 0 aliphatic heterocycles. The van der Waals surface area contributed by atoms with E-state index in [1.54, 1.807) is 12.1 Å². The number of rotatable bonds is 3. The number of halogens is 1. The fourth-order valence-corrected chi connectivity index (χ4v) is 1.44. The van der Waals surface area contributed by atoms with Crippen LogP contribution in [0.5, 0.6) is 5.75 Å². The van der Waals surface area contributed by atoms with Gasteiger partial charge < -0.3 is 10.8 Å². The van der Waals surface area contributed by atoms with E-state index in [0.29, 0.717) is 11.6 Å². The first-order chi connectivity index (χ1) is 6.44. The first-order valence-electron chi connectivity index (χ1n) is 4.62. The number of benzene rings is 1. The lowest BCUT2D eigenvalue weighted by Crippen LogP contribution is -2.25. The van der Waals surface area contributed by atoms with E-state index in [9.17, 15) is 5.11 Å². The molecule has 0 radical (unpaired) electrons. The van der Waals surface area contributed by atoms with Crippen molar-refractivity contribution in [2.24, 2.45) is 11.1 Å². The van der Waals surface area contributed by atoms with Crippen LogP contribution in [0.15, 0.2) is 18.2 Å². The van der Waals surface area contributed by atoms with Gasteiger partial charge in [0, 0.05) is 5.02 Å². The van der Waals surface area contributed by atoms with Crippen LogP contribution >= 0.6 is 11.6 Å². The maximum atomic E-state index is 9.62. The zero-order valence-corrected chi connectivity index (χ0v) is 9.30. The molecule has 0 bridgehead atoms. The summed E-state index contributed by atoms with van der Waals surface area (Å²) in [6.07, 6.45) is 0.756. The van der Waals surface area contributed by atoms with E-state index < -0.39 is 0 Å². The Bertz CT molecular complexity index is 323. The topological polar surface area (TPSA) is 46.2 Å². The minimum atomic E-state index is 0.00527. The zero-order chi connectivity index (χ0) is 10.8. The van der Waals surface area contributed by atoms with Gasteiger partial charge in [-0.25, -0.2) is 0 Å². The number of phenolic OH excluding ortho intramolecular Hbond substituents is 1. The number of aromatic hydroxyl groups is 1. The molecule has 0 atom stereocenters. The Morgan fingerprint density at radius 1 is 1.43 bits per heavy atom. The predicted octanol–water partition coefficient (Wildman–Crippen LogP) is 2.57. The number of hydrogen-bond acceptors (Lipinski definition) is 2. The Balaban J connectivity index is 2.87. The molecule has 0 amide bonds. The molecule has 0 fully saturated rings. The second-order valence-corrected chi connectivity index (χ2v) is 4.75. The molecule has 0 saturated heterocycles. The highest BCUT2D eigenvalue weighted by atomic mass is 35.5. The summed E-state index contributed by atoms with van der Waals surface area (Å²) in [5, 5.41) is 10.2. The normalized spacial score (nSPS) is 11.7. The molecule has 0 aromatic heterocycles. The van der Waals surface area contributed by atoms with E-state index in [2.05, 4.69) is 13.8 Å². The molecule has 78 valence electrons. The van der Waals surface area contributed by atoms with E-state index >= 15 is 0 Å². The molecule has 3 heteroatoms. The molecule has 1 aromatic rings. The van der Waals surface area contributed by atoms with Crippen molar-refractivity contribution in [2.75, 3.05) is 6.54 Å². The minimum Gasteiger partial charge on any atom is -0.508 e. The highest BCUT2D eigenvalue weighted by molar-refractivity contribution is 6.30. The van der Waals surface area contributed by atoms with Crippen LogP contribution in [0.1, 0.15) is 19.4 Å². The smallest absolute Gasteiger partial charge is 0.120 e. The quantitative estimate of drug-likeness (QED) is 0.811. The van der Waals surface area contributed by atoms with E-state index in [0.717, 1.165) is 12.0 Å². The molecule has 2 nitrogen and oxygen atoms in total. The van der Waals surface area contributed by atoms with E-state index in [-0.39, 0.29) is 11.2 Å². The molecule has 0 spiro atoms. The van der Waals surface area contributed by atoms with Crippen LogP contribution in [0.4, 0.5) is 0 Å². The molecule has 1 aromatic carbocycles. The lowest BCUT2D eigenvalue weighted by Gasteiger charge is -2.22. The lowest BCUT2D eigenvalue weighted by molar-refractivity contribution is 0.366. The van der Waals surface area contributed by atoms with Crippen molar-refractivity contribution in [1.82, 2.24) is 0 Å². The maximum Gasteiger partial charge on any atom is 0.120 e. The predicted molar refractivity (Wildman–Crippen MR) is 59.7 cm³/mol. The Hall–Kier alpha value is -0.730. The van der Waals surface area contributed by atoms with Crippen molar-refractivity contribution >= 4 is 11.6 Å². The summed E-state index contributed by atoms with van der Waals surface area (Å²) in [4.78, 5) is 0. The van der Waals surface area contributed by atoms with Crippen molar-refractivity contribution in [3.8, 4) is 5.75 Å². The summed E-state index contributed by atoms with van der Waals surface area (Å²) in [6.45, 7) is 4.73. The minimum absolute atomic E-state index is 0.00527. The average molecular weight is 214 g/mol. The zero-order valence-electron chi connectivity index (χ0n) is 8.55. The molecule has 0 saturated carbocycles. The molecule has 1 rings (SSSR count). The van der Waals surface area contributed by atoms with Crippen LogP contribution in [0, 0.1) is 5.41 Å². The highest BCUT2D eigenvalue weighted by Gasteiger charge is 2.18. The van der Waals surface area contributed by atoms with Crippen molar-refractivity contribution in [3.63, 3.8) is 0 Å². The Morgan fingerprint density at radius 2 is 2.07 bits per heavy atom. The third kappa shape index (κ3) is 2.89. The van der Waals surface area contributed by atoms with E-state index in [1.807, 2.05) is 6.07 Å². The Kier molecular flexibility index (Phi) is 3.40. The SMILES string of the molecule is CC(C)(CN)Cc1ccc(Cl)cc1O. The Morgan fingerprint density at radius 3 is 2.57 bits per heavy atom. The van der Waals surface area contributed by atoms with Crippen molar-refractivity contribution in [3.05, 3.63) is 28.8 Å². The molecule has 14 heavy (non-hydrogen) atoms. The second-order valence-electron chi connectivity index (χ2n) is 4.32. The van der Waals surface area contributed by atoms with Gasteiger partial charge in [-0.05, 0) is 36.1 Å². The monoisotopic (exact) mass is 213 g/mol. The van der Waals surface area contributed by atoms with Crippen LogP contribution in [-0.2, 0) is 6.42 Å². The number of hydrogen-bond donors (Lipinski definition) is 2. The third-order valence-electron chi connectivity index (χ3n) is 2.27. The molecular formula is C11H16ClNO. The first-order valence-corrected chi connectivity index (χ1v) is 5.00. The van der Waals surface area contributed by atoms with E-state index in [1.165, 1.54) is 0 Å². The van der Waals surface area contributed by atoms with Gasteiger partial charge >= 0.3 is 0 Å². The standard InChI is InChI=1S/C11H16ClNO/c1-11(2,7-13)6-8-3-4-9(12)5-10(8)14/h3-5,14H,6-7,13H2,1-2H3. The summed E-state index contributed by atoms with van der Waals surface area (Å²) < 4.78 is 0.